The van der Waals surface area contributed by atoms with Crippen LogP contribution in [0.2, 0.25) is 0 Å². The van der Waals surface area contributed by atoms with Gasteiger partial charge in [-0.15, -0.1) is 0 Å². The number of fused-ring (bicyclic) bond motifs is 1. The number of ether oxygens (including phenoxy) is 1. The van der Waals surface area contributed by atoms with E-state index in [9.17, 15) is 24.0 Å². The number of unbranched alkanes of at least 4 members (excludes halogenated alkanes) is 2. The van der Waals surface area contributed by atoms with Crippen molar-refractivity contribution in [1.82, 2.24) is 31.2 Å². The third-order valence-corrected chi connectivity index (χ3v) is 8.51. The van der Waals surface area contributed by atoms with Gasteiger partial charge < -0.3 is 31.3 Å². The number of amides is 5. The van der Waals surface area contributed by atoms with Gasteiger partial charge in [-0.05, 0) is 60.2 Å². The monoisotopic (exact) mass is 773 g/mol. The van der Waals surface area contributed by atoms with Crippen molar-refractivity contribution >= 4 is 62.4 Å². The number of anilines is 1. The lowest BCUT2D eigenvalue weighted by Gasteiger charge is -2.21. The quantitative estimate of drug-likeness (QED) is 0.0681. The molecule has 0 saturated carbocycles. The van der Waals surface area contributed by atoms with Crippen LogP contribution < -0.4 is 26.6 Å². The minimum atomic E-state index is -0.804. The molecule has 4 aromatic rings. The molecule has 0 fully saturated rings. The largest absolute Gasteiger partial charge is 0.445 e. The first-order valence-electron chi connectivity index (χ1n) is 17.1. The zero-order valence-electron chi connectivity index (χ0n) is 29.2. The third-order valence-electron chi connectivity index (χ3n) is 7.93. The number of aromatic nitrogens is 2. The molecule has 4 rings (SSSR count). The van der Waals surface area contributed by atoms with Crippen LogP contribution in [0.25, 0.3) is 11.0 Å². The zero-order chi connectivity index (χ0) is 37.3. The van der Waals surface area contributed by atoms with E-state index in [0.29, 0.717) is 54.4 Å². The van der Waals surface area contributed by atoms with Gasteiger partial charge in [-0.3, -0.25) is 24.2 Å². The van der Waals surface area contributed by atoms with Gasteiger partial charge in [0.25, 0.3) is 5.91 Å². The number of alkyl halides is 1. The van der Waals surface area contributed by atoms with Crippen LogP contribution >= 0.6 is 15.9 Å². The maximum atomic E-state index is 12.9. The average molecular weight is 775 g/mol. The Kier molecular flexibility index (Phi) is 15.5. The smallest absolute Gasteiger partial charge is 0.407 e. The first-order chi connectivity index (χ1) is 25.1. The van der Waals surface area contributed by atoms with Crippen LogP contribution in [0.3, 0.4) is 0 Å². The van der Waals surface area contributed by atoms with Crippen molar-refractivity contribution in [3.63, 3.8) is 0 Å². The maximum absolute atomic E-state index is 12.9. The number of carbonyl (C=O) groups excluding carboxylic acids is 5. The number of nitrogens with one attached hydrogen (secondary N) is 5. The summed E-state index contributed by atoms with van der Waals surface area (Å²) >= 11 is 3.36. The molecule has 13 nitrogen and oxygen atoms in total. The van der Waals surface area contributed by atoms with E-state index in [2.05, 4.69) is 52.5 Å². The lowest BCUT2D eigenvalue weighted by molar-refractivity contribution is -0.130. The highest BCUT2D eigenvalue weighted by atomic mass is 79.9. The van der Waals surface area contributed by atoms with Crippen molar-refractivity contribution in [2.45, 2.75) is 64.1 Å². The summed E-state index contributed by atoms with van der Waals surface area (Å²) < 4.78 is 5.25. The van der Waals surface area contributed by atoms with Gasteiger partial charge in [0, 0.05) is 42.3 Å². The van der Waals surface area contributed by atoms with Crippen LogP contribution in [-0.4, -0.2) is 58.8 Å². The molecular formula is C38H44BrN7O6. The topological polar surface area (TPSA) is 181 Å². The van der Waals surface area contributed by atoms with Crippen molar-refractivity contribution in [2.75, 3.05) is 18.4 Å². The van der Waals surface area contributed by atoms with E-state index in [4.69, 9.17) is 4.74 Å². The highest BCUT2D eigenvalue weighted by Gasteiger charge is 2.24. The van der Waals surface area contributed by atoms with Gasteiger partial charge in [-0.2, -0.15) is 0 Å². The van der Waals surface area contributed by atoms with Crippen LogP contribution in [-0.2, 0) is 37.6 Å². The normalized spacial score (nSPS) is 11.4. The number of halogens is 1. The summed E-state index contributed by atoms with van der Waals surface area (Å²) in [4.78, 5) is 71.4. The van der Waals surface area contributed by atoms with Crippen LogP contribution in [0.1, 0.15) is 66.7 Å². The Morgan fingerprint density at radius 2 is 1.58 bits per heavy atom. The summed E-state index contributed by atoms with van der Waals surface area (Å²) in [6, 6.07) is 20.7. The molecule has 0 bridgehead atoms. The molecule has 5 amide bonds. The van der Waals surface area contributed by atoms with Crippen LogP contribution in [0.15, 0.2) is 79.0 Å². The van der Waals surface area contributed by atoms with E-state index in [1.54, 1.807) is 48.7 Å². The van der Waals surface area contributed by atoms with Gasteiger partial charge in [0.15, 0.2) is 0 Å². The summed E-state index contributed by atoms with van der Waals surface area (Å²) in [6.45, 7) is 4.23. The summed E-state index contributed by atoms with van der Waals surface area (Å²) in [6.07, 6.45) is 3.35. The van der Waals surface area contributed by atoms with E-state index in [1.165, 1.54) is 0 Å². The van der Waals surface area contributed by atoms with Gasteiger partial charge in [0.1, 0.15) is 12.6 Å². The summed E-state index contributed by atoms with van der Waals surface area (Å²) in [7, 11) is 0. The van der Waals surface area contributed by atoms with E-state index >= 15 is 0 Å². The molecule has 14 heteroatoms. The van der Waals surface area contributed by atoms with E-state index in [0.717, 1.165) is 22.3 Å². The molecule has 0 aliphatic heterocycles. The molecule has 1 heterocycles. The fourth-order valence-electron chi connectivity index (χ4n) is 5.06. The van der Waals surface area contributed by atoms with Crippen molar-refractivity contribution in [2.24, 2.45) is 5.92 Å². The standard InChI is InChI=1S/C38H44BrN7O6/c1-25(2)35(46-33(47)11-7-4-8-18-40-36(49)28-14-17-31-32(19-28)41-22-30(20-39)44-31)37(50)42-23-34(48)45-29-15-12-27(13-16-29)24-52-38(51)43-21-26-9-5-3-6-10-26/h3,5-6,9-10,12-17,19,22,25,35H,4,7-8,11,18,20-21,23-24H2,1-2H3,(H,40,49)(H,42,50)(H,43,51)(H,45,48)(H,46,47). The minimum Gasteiger partial charge on any atom is -0.445 e. The summed E-state index contributed by atoms with van der Waals surface area (Å²) in [5, 5.41) is 14.3. The molecule has 0 aliphatic rings. The molecule has 0 radical (unpaired) electrons. The first kappa shape index (κ1) is 39.4. The average Bonchev–Trinajstić information content (AvgIpc) is 3.15. The highest BCUT2D eigenvalue weighted by molar-refractivity contribution is 9.08. The Labute approximate surface area is 311 Å². The number of rotatable bonds is 18. The number of benzene rings is 3. The van der Waals surface area contributed by atoms with Gasteiger partial charge in [-0.1, -0.05) is 78.7 Å². The number of nitrogens with zero attached hydrogens (tertiary/aromatic N) is 2. The molecule has 0 aliphatic carbocycles. The first-order valence-corrected chi connectivity index (χ1v) is 18.2. The lowest BCUT2D eigenvalue weighted by atomic mass is 10.0. The second-order valence-corrected chi connectivity index (χ2v) is 13.0. The molecule has 1 aromatic heterocycles. The van der Waals surface area contributed by atoms with Crippen LogP contribution in [0, 0.1) is 5.92 Å². The highest BCUT2D eigenvalue weighted by Crippen LogP contribution is 2.14. The van der Waals surface area contributed by atoms with Crippen molar-refractivity contribution in [3.8, 4) is 0 Å². The fraction of sp³-hybridized carbons (Fsp3) is 0.342. The van der Waals surface area contributed by atoms with Gasteiger partial charge in [0.05, 0.1) is 23.3 Å². The molecule has 5 N–H and O–H groups in total. The van der Waals surface area contributed by atoms with Gasteiger partial charge in [-0.25, -0.2) is 9.78 Å². The predicted molar refractivity (Wildman–Crippen MR) is 201 cm³/mol. The SMILES string of the molecule is CC(C)C(NC(=O)CCCCCNC(=O)c1ccc2nc(CBr)cnc2c1)C(=O)NCC(=O)Nc1ccc(COC(=O)NCc2ccccc2)cc1. The third kappa shape index (κ3) is 13.1. The van der Waals surface area contributed by atoms with E-state index in [1.807, 2.05) is 44.2 Å². The Bertz CT molecular complexity index is 1820. The van der Waals surface area contributed by atoms with E-state index in [-0.39, 0.29) is 37.3 Å². The molecular weight excluding hydrogens is 730 g/mol. The van der Waals surface area contributed by atoms with Crippen molar-refractivity contribution in [3.05, 3.63) is 101 Å². The minimum absolute atomic E-state index is 0.0632. The lowest BCUT2D eigenvalue weighted by Crippen LogP contribution is -2.51. The van der Waals surface area contributed by atoms with Gasteiger partial charge >= 0.3 is 6.09 Å². The number of hydrogen-bond acceptors (Lipinski definition) is 8. The number of alkyl carbamates (subject to hydrolysis) is 1. The number of hydrogen-bond donors (Lipinski definition) is 5. The van der Waals surface area contributed by atoms with Crippen molar-refractivity contribution in [1.29, 1.82) is 0 Å². The predicted octanol–water partition coefficient (Wildman–Crippen LogP) is 5.14. The van der Waals surface area contributed by atoms with Gasteiger partial charge in [0.2, 0.25) is 17.7 Å². The van der Waals surface area contributed by atoms with Crippen LogP contribution in [0.4, 0.5) is 10.5 Å². The molecule has 1 atom stereocenters. The Balaban J connectivity index is 1.09. The molecule has 3 aromatic carbocycles. The second-order valence-electron chi connectivity index (χ2n) is 12.4. The zero-order valence-corrected chi connectivity index (χ0v) is 30.8. The summed E-state index contributed by atoms with van der Waals surface area (Å²) in [5.74, 6) is -1.56. The van der Waals surface area contributed by atoms with Crippen LogP contribution in [0.5, 0.6) is 0 Å². The molecule has 274 valence electrons. The second kappa shape index (κ2) is 20.5. The maximum Gasteiger partial charge on any atom is 0.407 e. The summed E-state index contributed by atoms with van der Waals surface area (Å²) in [5.41, 5.74) is 4.89. The Morgan fingerprint density at radius 1 is 0.808 bits per heavy atom. The van der Waals surface area contributed by atoms with Crippen molar-refractivity contribution < 1.29 is 28.7 Å². The van der Waals surface area contributed by atoms with E-state index < -0.39 is 23.9 Å². The Morgan fingerprint density at radius 3 is 2.31 bits per heavy atom. The molecule has 1 unspecified atom stereocenters. The molecule has 0 saturated heterocycles. The number of carbonyl (C=O) groups is 5. The molecule has 0 spiro atoms. The Hall–Kier alpha value is -5.37. The fourth-order valence-corrected chi connectivity index (χ4v) is 5.33. The molecule has 52 heavy (non-hydrogen) atoms.